The summed E-state index contributed by atoms with van der Waals surface area (Å²) in [5.74, 6) is -8.75. The van der Waals surface area contributed by atoms with E-state index in [1.54, 1.807) is 27.9 Å². The monoisotopic (exact) mass is 928 g/mol. The number of hydrogen-bond donors (Lipinski definition) is 2. The number of cyclic esters (lactones) is 1. The second kappa shape index (κ2) is 24.0. The van der Waals surface area contributed by atoms with Crippen LogP contribution >= 0.6 is 0 Å². The van der Waals surface area contributed by atoms with E-state index in [0.29, 0.717) is 56.9 Å². The van der Waals surface area contributed by atoms with Gasteiger partial charge in [-0.25, -0.2) is 9.18 Å². The highest BCUT2D eigenvalue weighted by atomic mass is 19.1. The smallest absolute Gasteiger partial charge is 0.329 e. The predicted octanol–water partition coefficient (Wildman–Crippen LogP) is 6.52. The summed E-state index contributed by atoms with van der Waals surface area (Å²) in [4.78, 5) is 71.1. The third-order valence-corrected chi connectivity index (χ3v) is 14.4. The first-order valence-electron chi connectivity index (χ1n) is 23.9. The maximum atomic E-state index is 14.5. The van der Waals surface area contributed by atoms with E-state index in [4.69, 9.17) is 28.4 Å². The molecule has 5 rings (SSSR count). The van der Waals surface area contributed by atoms with Crippen LogP contribution in [-0.4, -0.2) is 133 Å². The van der Waals surface area contributed by atoms with Gasteiger partial charge in [-0.1, -0.05) is 57.6 Å². The normalized spacial score (nSPS) is 37.0. The molecule has 14 atom stereocenters. The van der Waals surface area contributed by atoms with E-state index in [0.717, 1.165) is 5.57 Å². The largest absolute Gasteiger partial charge is 0.456 e. The Balaban J connectivity index is 1.45. The summed E-state index contributed by atoms with van der Waals surface area (Å²) < 4.78 is 50.0. The number of halogens is 1. The number of nitrogens with zero attached hydrogens (tertiary/aromatic N) is 1. The number of hydrogen-bond acceptors (Lipinski definition) is 13. The number of methoxy groups -OCH3 is 3. The van der Waals surface area contributed by atoms with Gasteiger partial charge in [0.15, 0.2) is 5.78 Å². The van der Waals surface area contributed by atoms with Crippen LogP contribution in [-0.2, 0) is 47.6 Å². The number of ketones is 3. The fraction of sp³-hybridized carbons (Fsp3) is 0.706. The number of aliphatic hydroxyl groups excluding tert-OH is 1. The topological polar surface area (TPSA) is 184 Å². The molecule has 1 aromatic carbocycles. The van der Waals surface area contributed by atoms with Gasteiger partial charge in [0.05, 0.1) is 30.5 Å². The molecule has 3 fully saturated rings. The lowest BCUT2D eigenvalue weighted by atomic mass is 9.81. The van der Waals surface area contributed by atoms with Crippen molar-refractivity contribution in [3.63, 3.8) is 0 Å². The fourth-order valence-electron chi connectivity index (χ4n) is 10.5. The average molecular weight is 928 g/mol. The van der Waals surface area contributed by atoms with Gasteiger partial charge in [0.1, 0.15) is 36.5 Å². The van der Waals surface area contributed by atoms with Gasteiger partial charge in [-0.15, -0.1) is 0 Å². The SMILES string of the molecule is CCC1/C=C(\C)CC(C)CC(OC)C2OC(O)(C(=O)C(=O)N3CCCCC3C(=O)OC(C(C)=CC3CCC(OCC(=O)c4cccc(F)c4)C(OC)C3)C(C)C(O)CC1=O)C(C)CC2OC. The Hall–Kier alpha value is -3.70. The highest BCUT2D eigenvalue weighted by molar-refractivity contribution is 6.39. The van der Waals surface area contributed by atoms with Gasteiger partial charge in [-0.3, -0.25) is 19.2 Å². The highest BCUT2D eigenvalue weighted by Crippen LogP contribution is 2.39. The molecular formula is C51H74FNO13. The van der Waals surface area contributed by atoms with Gasteiger partial charge in [-0.2, -0.15) is 0 Å². The first kappa shape index (κ1) is 53.3. The van der Waals surface area contributed by atoms with Crippen LogP contribution in [0.1, 0.15) is 123 Å². The molecule has 66 heavy (non-hydrogen) atoms. The van der Waals surface area contributed by atoms with Crippen molar-refractivity contribution in [2.45, 2.75) is 167 Å². The van der Waals surface area contributed by atoms with Crippen LogP contribution in [0.2, 0.25) is 0 Å². The van der Waals surface area contributed by atoms with E-state index >= 15 is 0 Å². The first-order chi connectivity index (χ1) is 31.3. The molecule has 2 bridgehead atoms. The Labute approximate surface area is 389 Å². The molecule has 1 amide bonds. The highest BCUT2D eigenvalue weighted by Gasteiger charge is 2.56. The first-order valence-corrected chi connectivity index (χ1v) is 23.9. The fourth-order valence-corrected chi connectivity index (χ4v) is 10.5. The molecule has 1 aromatic rings. The van der Waals surface area contributed by atoms with Crippen LogP contribution in [0.25, 0.3) is 0 Å². The quantitative estimate of drug-likeness (QED) is 0.112. The zero-order valence-corrected chi connectivity index (χ0v) is 40.4. The summed E-state index contributed by atoms with van der Waals surface area (Å²) in [5, 5.41) is 23.9. The average Bonchev–Trinajstić information content (AvgIpc) is 3.30. The molecule has 0 spiro atoms. The maximum Gasteiger partial charge on any atom is 0.329 e. The lowest BCUT2D eigenvalue weighted by Gasteiger charge is -2.47. The number of allylic oxidation sites excluding steroid dienone is 3. The third-order valence-electron chi connectivity index (χ3n) is 14.4. The molecule has 2 saturated heterocycles. The summed E-state index contributed by atoms with van der Waals surface area (Å²) in [6.45, 7) is 10.9. The van der Waals surface area contributed by atoms with Gasteiger partial charge >= 0.3 is 5.97 Å². The van der Waals surface area contributed by atoms with Crippen LogP contribution in [0.4, 0.5) is 4.39 Å². The van der Waals surface area contributed by atoms with E-state index in [2.05, 4.69) is 0 Å². The number of esters is 1. The third kappa shape index (κ3) is 12.9. The summed E-state index contributed by atoms with van der Waals surface area (Å²) in [6, 6.07) is 4.27. The van der Waals surface area contributed by atoms with Crippen LogP contribution in [0, 0.1) is 35.4 Å². The van der Waals surface area contributed by atoms with Crippen LogP contribution in [0.15, 0.2) is 47.6 Å². The summed E-state index contributed by atoms with van der Waals surface area (Å²) >= 11 is 0. The Morgan fingerprint density at radius 1 is 0.939 bits per heavy atom. The number of amides is 1. The van der Waals surface area contributed by atoms with E-state index in [-0.39, 0.29) is 61.4 Å². The number of rotatable bonds is 10. The molecule has 14 unspecified atom stereocenters. The molecule has 1 aliphatic carbocycles. The number of carbonyl (C=O) groups is 5. The van der Waals surface area contributed by atoms with Gasteiger partial charge in [0, 0.05) is 57.6 Å². The molecule has 2 N–H and O–H groups in total. The molecule has 14 nitrogen and oxygen atoms in total. The number of benzene rings is 1. The minimum atomic E-state index is -2.53. The van der Waals surface area contributed by atoms with Crippen molar-refractivity contribution in [1.29, 1.82) is 0 Å². The number of ether oxygens (including phenoxy) is 6. The van der Waals surface area contributed by atoms with Gasteiger partial charge in [0.25, 0.3) is 11.7 Å². The van der Waals surface area contributed by atoms with Crippen LogP contribution in [0.5, 0.6) is 0 Å². The van der Waals surface area contributed by atoms with Gasteiger partial charge in [0.2, 0.25) is 5.79 Å². The Kier molecular flexibility index (Phi) is 19.4. The second-order valence-corrected chi connectivity index (χ2v) is 19.4. The molecule has 368 valence electrons. The van der Waals surface area contributed by atoms with Crippen molar-refractivity contribution >= 4 is 29.2 Å². The Bertz CT molecular complexity index is 1920. The summed E-state index contributed by atoms with van der Waals surface area (Å²) in [6.07, 6.45) is 3.27. The van der Waals surface area contributed by atoms with Crippen LogP contribution < -0.4 is 0 Å². The molecule has 0 aromatic heterocycles. The van der Waals surface area contributed by atoms with Crippen molar-refractivity contribution in [1.82, 2.24) is 4.90 Å². The van der Waals surface area contributed by atoms with E-state index in [1.807, 2.05) is 32.9 Å². The molecule has 3 aliphatic heterocycles. The number of aliphatic hydroxyl groups is 2. The molecule has 0 radical (unpaired) electrons. The number of carbonyl (C=O) groups excluding carboxylic acids is 5. The van der Waals surface area contributed by atoms with Gasteiger partial charge in [-0.05, 0) is 108 Å². The summed E-state index contributed by atoms with van der Waals surface area (Å²) in [7, 11) is 4.61. The lowest BCUT2D eigenvalue weighted by molar-refractivity contribution is -0.302. The predicted molar refractivity (Wildman–Crippen MR) is 243 cm³/mol. The molecule has 4 aliphatic rings. The van der Waals surface area contributed by atoms with E-state index < -0.39 is 95.8 Å². The Morgan fingerprint density at radius 3 is 2.30 bits per heavy atom. The zero-order valence-electron chi connectivity index (χ0n) is 40.4. The second-order valence-electron chi connectivity index (χ2n) is 19.4. The van der Waals surface area contributed by atoms with Crippen molar-refractivity contribution in [2.75, 3.05) is 34.5 Å². The number of piperidine rings is 1. The lowest BCUT2D eigenvalue weighted by Crippen LogP contribution is -2.64. The van der Waals surface area contributed by atoms with Crippen LogP contribution in [0.3, 0.4) is 0 Å². The molecule has 3 heterocycles. The maximum absolute atomic E-state index is 14.5. The van der Waals surface area contributed by atoms with E-state index in [1.165, 1.54) is 43.4 Å². The standard InChI is InChI=1S/C51H74FNO13/c1-10-35-21-29(2)20-30(3)22-44(62-8)47-45(63-9)24-32(5)51(60,66-47)48(57)49(58)53-19-12-11-16-38(53)50(59)65-46(33(6)39(54)27-40(35)55)31(4)23-34-17-18-42(43(25-34)61-7)64-28-41(56)36-14-13-15-37(52)26-36/h13-15,21,23,26,30,32-35,38-39,42-47,54,60H,10-12,16-20,22,24-25,27-28H2,1-9H3/b29-21+,31-23?. The van der Waals surface area contributed by atoms with Gasteiger partial charge < -0.3 is 43.5 Å². The Morgan fingerprint density at radius 2 is 1.64 bits per heavy atom. The number of fused-ring (bicyclic) bond motifs is 3. The number of Topliss-reactive ketones (excluding diaryl/α,β-unsaturated/α-hetero) is 3. The van der Waals surface area contributed by atoms with Crippen molar-refractivity contribution in [3.8, 4) is 0 Å². The molecular weight excluding hydrogens is 854 g/mol. The van der Waals surface area contributed by atoms with Crippen molar-refractivity contribution < 1.29 is 67.0 Å². The zero-order chi connectivity index (χ0) is 48.5. The van der Waals surface area contributed by atoms with Crippen molar-refractivity contribution in [2.24, 2.45) is 29.6 Å². The molecule has 1 saturated carbocycles. The minimum absolute atomic E-state index is 0.00918. The summed E-state index contributed by atoms with van der Waals surface area (Å²) in [5.41, 5.74) is 1.81. The van der Waals surface area contributed by atoms with E-state index in [9.17, 15) is 38.6 Å². The minimum Gasteiger partial charge on any atom is -0.456 e. The molecule has 15 heteroatoms. The van der Waals surface area contributed by atoms with Crippen molar-refractivity contribution in [3.05, 3.63) is 58.9 Å².